The summed E-state index contributed by atoms with van der Waals surface area (Å²) in [5.41, 5.74) is 6.50. The monoisotopic (exact) mass is 297 g/mol. The SMILES string of the molecule is NNc1cccc(C(=O)NCCOCC(N)=O)c1[N+](=O)[O-]. The molecule has 114 valence electrons. The van der Waals surface area contributed by atoms with Crippen molar-refractivity contribution in [3.63, 3.8) is 0 Å². The maximum Gasteiger partial charge on any atom is 0.306 e. The lowest BCUT2D eigenvalue weighted by molar-refractivity contribution is -0.384. The van der Waals surface area contributed by atoms with Gasteiger partial charge in [0.15, 0.2) is 0 Å². The molecule has 0 unspecified atom stereocenters. The summed E-state index contributed by atoms with van der Waals surface area (Å²) >= 11 is 0. The first kappa shape index (κ1) is 16.3. The fourth-order valence-electron chi connectivity index (χ4n) is 1.54. The molecule has 0 heterocycles. The van der Waals surface area contributed by atoms with Gasteiger partial charge in [0.1, 0.15) is 17.9 Å². The lowest BCUT2D eigenvalue weighted by Gasteiger charge is -2.08. The van der Waals surface area contributed by atoms with Gasteiger partial charge in [-0.05, 0) is 12.1 Å². The van der Waals surface area contributed by atoms with Crippen molar-refractivity contribution >= 4 is 23.2 Å². The number of ether oxygens (including phenoxy) is 1. The van der Waals surface area contributed by atoms with E-state index in [-0.39, 0.29) is 31.0 Å². The van der Waals surface area contributed by atoms with E-state index in [1.165, 1.54) is 18.2 Å². The van der Waals surface area contributed by atoms with Crippen LogP contribution in [-0.2, 0) is 9.53 Å². The van der Waals surface area contributed by atoms with Gasteiger partial charge in [0.25, 0.3) is 5.91 Å². The molecule has 6 N–H and O–H groups in total. The minimum absolute atomic E-state index is 0.0256. The Bertz CT molecular complexity index is 548. The first-order valence-corrected chi connectivity index (χ1v) is 5.85. The van der Waals surface area contributed by atoms with Crippen LogP contribution in [0, 0.1) is 10.1 Å². The summed E-state index contributed by atoms with van der Waals surface area (Å²) in [6.07, 6.45) is 0. The number of carbonyl (C=O) groups excluding carboxylic acids is 2. The molecule has 0 radical (unpaired) electrons. The molecule has 0 fully saturated rings. The maximum atomic E-state index is 11.9. The summed E-state index contributed by atoms with van der Waals surface area (Å²) in [7, 11) is 0. The highest BCUT2D eigenvalue weighted by Gasteiger charge is 2.23. The summed E-state index contributed by atoms with van der Waals surface area (Å²) in [5.74, 6) is 3.90. The lowest BCUT2D eigenvalue weighted by Crippen LogP contribution is -2.29. The van der Waals surface area contributed by atoms with Crippen molar-refractivity contribution in [2.24, 2.45) is 11.6 Å². The number of para-hydroxylation sites is 1. The van der Waals surface area contributed by atoms with Gasteiger partial charge in [0.2, 0.25) is 5.91 Å². The van der Waals surface area contributed by atoms with Gasteiger partial charge in [-0.3, -0.25) is 25.5 Å². The third-order valence-corrected chi connectivity index (χ3v) is 2.40. The van der Waals surface area contributed by atoms with E-state index in [1.54, 1.807) is 0 Å². The number of hydrogen-bond acceptors (Lipinski definition) is 7. The largest absolute Gasteiger partial charge is 0.370 e. The van der Waals surface area contributed by atoms with Gasteiger partial charge in [-0.15, -0.1) is 0 Å². The predicted octanol–water partition coefficient (Wildman–Crippen LogP) is -0.888. The van der Waals surface area contributed by atoms with Crippen molar-refractivity contribution < 1.29 is 19.2 Å². The third kappa shape index (κ3) is 4.71. The number of hydrogen-bond donors (Lipinski definition) is 4. The van der Waals surface area contributed by atoms with Gasteiger partial charge < -0.3 is 21.2 Å². The highest BCUT2D eigenvalue weighted by Crippen LogP contribution is 2.27. The van der Waals surface area contributed by atoms with Crippen LogP contribution in [0.2, 0.25) is 0 Å². The molecule has 21 heavy (non-hydrogen) atoms. The Labute approximate surface area is 119 Å². The van der Waals surface area contributed by atoms with Crippen LogP contribution in [0.5, 0.6) is 0 Å². The Morgan fingerprint density at radius 2 is 2.10 bits per heavy atom. The number of carbonyl (C=O) groups is 2. The Morgan fingerprint density at radius 3 is 2.67 bits per heavy atom. The number of nitrogen functional groups attached to an aromatic ring is 1. The zero-order chi connectivity index (χ0) is 15.8. The average molecular weight is 297 g/mol. The minimum Gasteiger partial charge on any atom is -0.370 e. The molecule has 2 amide bonds. The third-order valence-electron chi connectivity index (χ3n) is 2.40. The van der Waals surface area contributed by atoms with Crippen LogP contribution in [0.1, 0.15) is 10.4 Å². The highest BCUT2D eigenvalue weighted by molar-refractivity contribution is 6.00. The second-order valence-electron chi connectivity index (χ2n) is 3.88. The number of benzene rings is 1. The molecule has 0 atom stereocenters. The van der Waals surface area contributed by atoms with E-state index < -0.39 is 22.4 Å². The van der Waals surface area contributed by atoms with Crippen LogP contribution >= 0.6 is 0 Å². The molecule has 0 saturated heterocycles. The molecule has 0 aliphatic rings. The minimum atomic E-state index is -0.701. The number of amides is 2. The molecule has 1 aromatic carbocycles. The topological polar surface area (TPSA) is 163 Å². The van der Waals surface area contributed by atoms with Gasteiger partial charge in [0, 0.05) is 6.54 Å². The van der Waals surface area contributed by atoms with E-state index in [2.05, 4.69) is 10.7 Å². The number of rotatable bonds is 8. The van der Waals surface area contributed by atoms with Crippen molar-refractivity contribution in [1.29, 1.82) is 0 Å². The normalized spacial score (nSPS) is 9.95. The molecule has 0 spiro atoms. The molecular formula is C11H15N5O5. The van der Waals surface area contributed by atoms with E-state index in [0.29, 0.717) is 0 Å². The Morgan fingerprint density at radius 1 is 1.38 bits per heavy atom. The van der Waals surface area contributed by atoms with Crippen molar-refractivity contribution in [3.05, 3.63) is 33.9 Å². The molecule has 0 aromatic heterocycles. The second-order valence-corrected chi connectivity index (χ2v) is 3.88. The zero-order valence-corrected chi connectivity index (χ0v) is 11.0. The number of nitro groups is 1. The number of anilines is 1. The number of nitrogens with one attached hydrogen (secondary N) is 2. The predicted molar refractivity (Wildman–Crippen MR) is 73.3 cm³/mol. The van der Waals surface area contributed by atoms with Gasteiger partial charge in [-0.1, -0.05) is 6.07 Å². The number of primary amides is 1. The molecule has 0 aliphatic heterocycles. The number of nitrogens with two attached hydrogens (primary N) is 2. The summed E-state index contributed by atoms with van der Waals surface area (Å²) in [6, 6.07) is 4.14. The zero-order valence-electron chi connectivity index (χ0n) is 11.0. The van der Waals surface area contributed by atoms with Crippen molar-refractivity contribution in [2.75, 3.05) is 25.2 Å². The van der Waals surface area contributed by atoms with E-state index >= 15 is 0 Å². The summed E-state index contributed by atoms with van der Waals surface area (Å²) in [6.45, 7) is -0.135. The molecule has 1 rings (SSSR count). The van der Waals surface area contributed by atoms with Gasteiger partial charge >= 0.3 is 5.69 Å². The van der Waals surface area contributed by atoms with Crippen molar-refractivity contribution in [2.45, 2.75) is 0 Å². The standard InChI is InChI=1S/C11H15N5O5/c12-9(17)6-21-5-4-14-11(18)7-2-1-3-8(15-13)10(7)16(19)20/h1-3,15H,4-6,13H2,(H2,12,17)(H,14,18). The van der Waals surface area contributed by atoms with Crippen LogP contribution in [-0.4, -0.2) is 36.5 Å². The van der Waals surface area contributed by atoms with E-state index in [1.807, 2.05) is 0 Å². The van der Waals surface area contributed by atoms with Crippen molar-refractivity contribution in [3.8, 4) is 0 Å². The second kappa shape index (κ2) is 7.77. The molecular weight excluding hydrogens is 282 g/mol. The molecule has 10 heteroatoms. The fraction of sp³-hybridized carbons (Fsp3) is 0.273. The van der Waals surface area contributed by atoms with Gasteiger partial charge in [0.05, 0.1) is 11.5 Å². The lowest BCUT2D eigenvalue weighted by atomic mass is 10.1. The van der Waals surface area contributed by atoms with E-state index in [9.17, 15) is 19.7 Å². The Kier molecular flexibility index (Phi) is 6.04. The van der Waals surface area contributed by atoms with E-state index in [4.69, 9.17) is 16.3 Å². The molecule has 0 saturated carbocycles. The first-order chi connectivity index (χ1) is 9.97. The maximum absolute atomic E-state index is 11.9. The first-order valence-electron chi connectivity index (χ1n) is 5.85. The smallest absolute Gasteiger partial charge is 0.306 e. The number of nitrogens with zero attached hydrogens (tertiary/aromatic N) is 1. The highest BCUT2D eigenvalue weighted by atomic mass is 16.6. The average Bonchev–Trinajstić information content (AvgIpc) is 2.45. The van der Waals surface area contributed by atoms with Crippen molar-refractivity contribution in [1.82, 2.24) is 5.32 Å². The van der Waals surface area contributed by atoms with E-state index in [0.717, 1.165) is 0 Å². The quantitative estimate of drug-likeness (QED) is 0.209. The molecule has 10 nitrogen and oxygen atoms in total. The van der Waals surface area contributed by atoms with Crippen LogP contribution in [0.25, 0.3) is 0 Å². The van der Waals surface area contributed by atoms with Gasteiger partial charge in [-0.25, -0.2) is 0 Å². The molecule has 0 aliphatic carbocycles. The Balaban J connectivity index is 2.70. The van der Waals surface area contributed by atoms with Crippen LogP contribution in [0.3, 0.4) is 0 Å². The van der Waals surface area contributed by atoms with Crippen LogP contribution in [0.15, 0.2) is 18.2 Å². The number of nitro benzene ring substituents is 1. The molecule has 1 aromatic rings. The number of hydrazine groups is 1. The fourth-order valence-corrected chi connectivity index (χ4v) is 1.54. The summed E-state index contributed by atoms with van der Waals surface area (Å²) in [4.78, 5) is 32.6. The summed E-state index contributed by atoms with van der Waals surface area (Å²) < 4.78 is 4.85. The van der Waals surface area contributed by atoms with Gasteiger partial charge in [-0.2, -0.15) is 0 Å². The van der Waals surface area contributed by atoms with Crippen LogP contribution < -0.4 is 22.3 Å². The molecule has 0 bridgehead atoms. The Hall–Kier alpha value is -2.72. The van der Waals surface area contributed by atoms with Crippen LogP contribution in [0.4, 0.5) is 11.4 Å². The summed E-state index contributed by atoms with van der Waals surface area (Å²) in [5, 5.41) is 13.4.